The van der Waals surface area contributed by atoms with Crippen molar-refractivity contribution >= 4 is 0 Å². The smallest absolute Gasteiger partial charge is 0.169 e. The SMILES string of the molecule is CCCC[n+]1ccc(C(C)CC(CC)c2cc[n+](CCCC)cc2)cc1. The van der Waals surface area contributed by atoms with Crippen molar-refractivity contribution < 1.29 is 9.13 Å². The number of hydrogen-bond acceptors (Lipinski definition) is 0. The molecular formula is C24H38N2+2. The van der Waals surface area contributed by atoms with Gasteiger partial charge in [-0.15, -0.1) is 0 Å². The Balaban J connectivity index is 1.97. The second kappa shape index (κ2) is 11.1. The maximum absolute atomic E-state index is 2.37. The summed E-state index contributed by atoms with van der Waals surface area (Å²) in [5.41, 5.74) is 2.95. The van der Waals surface area contributed by atoms with Crippen LogP contribution < -0.4 is 9.13 Å². The third-order valence-electron chi connectivity index (χ3n) is 5.54. The predicted molar refractivity (Wildman–Crippen MR) is 109 cm³/mol. The summed E-state index contributed by atoms with van der Waals surface area (Å²) < 4.78 is 4.62. The highest BCUT2D eigenvalue weighted by atomic mass is 14.9. The van der Waals surface area contributed by atoms with E-state index in [1.54, 1.807) is 0 Å². The molecule has 2 heterocycles. The van der Waals surface area contributed by atoms with Crippen molar-refractivity contribution in [2.24, 2.45) is 0 Å². The van der Waals surface area contributed by atoms with Crippen LogP contribution in [-0.4, -0.2) is 0 Å². The van der Waals surface area contributed by atoms with E-state index in [0.29, 0.717) is 11.8 Å². The standard InChI is InChI=1S/C24H38N2/c1-5-8-14-25-16-10-23(11-17-25)21(4)20-22(7-3)24-12-18-26(19-13-24)15-9-6-2/h10-13,16-19,21-22H,5-9,14-15,20H2,1-4H3/q+2. The lowest BCUT2D eigenvalue weighted by Gasteiger charge is -2.20. The molecule has 2 nitrogen and oxygen atoms in total. The van der Waals surface area contributed by atoms with Crippen LogP contribution in [0.5, 0.6) is 0 Å². The first-order valence-corrected chi connectivity index (χ1v) is 10.7. The number of unbranched alkanes of at least 4 members (excludes halogenated alkanes) is 2. The lowest BCUT2D eigenvalue weighted by molar-refractivity contribution is -0.697. The van der Waals surface area contributed by atoms with Gasteiger partial charge in [-0.2, -0.15) is 0 Å². The number of pyridine rings is 2. The first-order valence-electron chi connectivity index (χ1n) is 10.7. The zero-order valence-electron chi connectivity index (χ0n) is 17.3. The molecule has 2 aromatic rings. The van der Waals surface area contributed by atoms with Crippen LogP contribution in [0.4, 0.5) is 0 Å². The van der Waals surface area contributed by atoms with Gasteiger partial charge in [0.05, 0.1) is 0 Å². The van der Waals surface area contributed by atoms with E-state index >= 15 is 0 Å². The minimum atomic E-state index is 0.591. The van der Waals surface area contributed by atoms with Crippen LogP contribution in [0.15, 0.2) is 49.1 Å². The van der Waals surface area contributed by atoms with Crippen molar-refractivity contribution in [2.75, 3.05) is 0 Å². The molecule has 0 aliphatic rings. The Labute approximate surface area is 160 Å². The van der Waals surface area contributed by atoms with E-state index in [9.17, 15) is 0 Å². The maximum Gasteiger partial charge on any atom is 0.169 e. The lowest BCUT2D eigenvalue weighted by atomic mass is 9.85. The number of nitrogens with zero attached hydrogens (tertiary/aromatic N) is 2. The number of aryl methyl sites for hydroxylation is 2. The third-order valence-corrected chi connectivity index (χ3v) is 5.54. The molecule has 0 N–H and O–H groups in total. The number of aromatic nitrogens is 2. The summed E-state index contributed by atoms with van der Waals surface area (Å²) in [5, 5.41) is 0. The van der Waals surface area contributed by atoms with Crippen LogP contribution in [0.3, 0.4) is 0 Å². The van der Waals surface area contributed by atoms with E-state index < -0.39 is 0 Å². The van der Waals surface area contributed by atoms with Gasteiger partial charge in [0.2, 0.25) is 0 Å². The molecule has 2 rings (SSSR count). The Morgan fingerprint density at radius 1 is 0.731 bits per heavy atom. The molecule has 0 saturated carbocycles. The second-order valence-corrected chi connectivity index (χ2v) is 7.69. The first-order chi connectivity index (χ1) is 12.7. The Bertz CT molecular complexity index is 616. The fourth-order valence-corrected chi connectivity index (χ4v) is 3.62. The topological polar surface area (TPSA) is 7.76 Å². The van der Waals surface area contributed by atoms with Gasteiger partial charge in [-0.25, -0.2) is 9.13 Å². The van der Waals surface area contributed by atoms with E-state index in [0.717, 1.165) is 13.1 Å². The summed E-state index contributed by atoms with van der Waals surface area (Å²) in [4.78, 5) is 0. The molecule has 0 bridgehead atoms. The van der Waals surface area contributed by atoms with Crippen molar-refractivity contribution in [2.45, 2.75) is 91.1 Å². The fraction of sp³-hybridized carbons (Fsp3) is 0.583. The summed E-state index contributed by atoms with van der Waals surface area (Å²) >= 11 is 0. The van der Waals surface area contributed by atoms with Gasteiger partial charge in [0.15, 0.2) is 24.8 Å². The number of hydrogen-bond donors (Lipinski definition) is 0. The molecule has 0 saturated heterocycles. The molecule has 26 heavy (non-hydrogen) atoms. The van der Waals surface area contributed by atoms with Crippen molar-refractivity contribution in [3.8, 4) is 0 Å². The fourth-order valence-electron chi connectivity index (χ4n) is 3.62. The first kappa shape index (κ1) is 20.6. The third kappa shape index (κ3) is 6.23. The van der Waals surface area contributed by atoms with Crippen molar-refractivity contribution in [1.29, 1.82) is 0 Å². The van der Waals surface area contributed by atoms with E-state index in [1.165, 1.54) is 49.7 Å². The van der Waals surface area contributed by atoms with Crippen molar-refractivity contribution in [3.05, 3.63) is 60.2 Å². The van der Waals surface area contributed by atoms with E-state index in [4.69, 9.17) is 0 Å². The van der Waals surface area contributed by atoms with E-state index in [-0.39, 0.29) is 0 Å². The molecule has 0 radical (unpaired) electrons. The molecule has 0 fully saturated rings. The van der Waals surface area contributed by atoms with Gasteiger partial charge < -0.3 is 0 Å². The van der Waals surface area contributed by atoms with Crippen molar-refractivity contribution in [1.82, 2.24) is 0 Å². The second-order valence-electron chi connectivity index (χ2n) is 7.69. The highest BCUT2D eigenvalue weighted by Crippen LogP contribution is 2.31. The molecule has 0 spiro atoms. The maximum atomic E-state index is 2.37. The molecule has 0 aliphatic carbocycles. The Kier molecular flexibility index (Phi) is 8.80. The number of rotatable bonds is 11. The van der Waals surface area contributed by atoms with Gasteiger partial charge >= 0.3 is 0 Å². The molecule has 2 aromatic heterocycles. The van der Waals surface area contributed by atoms with E-state index in [2.05, 4.69) is 85.9 Å². The quantitative estimate of drug-likeness (QED) is 0.467. The molecule has 0 amide bonds. The van der Waals surface area contributed by atoms with Crippen LogP contribution >= 0.6 is 0 Å². The Hall–Kier alpha value is -1.70. The Morgan fingerprint density at radius 3 is 1.62 bits per heavy atom. The normalized spacial score (nSPS) is 13.5. The van der Waals surface area contributed by atoms with Gasteiger partial charge in [0.25, 0.3) is 0 Å². The van der Waals surface area contributed by atoms with E-state index in [1.807, 2.05) is 0 Å². The zero-order valence-corrected chi connectivity index (χ0v) is 17.3. The van der Waals surface area contributed by atoms with Gasteiger partial charge in [-0.3, -0.25) is 0 Å². The Morgan fingerprint density at radius 2 is 1.19 bits per heavy atom. The molecule has 2 heteroatoms. The summed E-state index contributed by atoms with van der Waals surface area (Å²) in [5.74, 6) is 1.23. The predicted octanol–water partition coefficient (Wildman–Crippen LogP) is 5.55. The monoisotopic (exact) mass is 354 g/mol. The minimum Gasteiger partial charge on any atom is -0.205 e. The van der Waals surface area contributed by atoms with Gasteiger partial charge in [0, 0.05) is 37.1 Å². The minimum absolute atomic E-state index is 0.591. The van der Waals surface area contributed by atoms with Gasteiger partial charge in [-0.05, 0) is 35.8 Å². The van der Waals surface area contributed by atoms with Crippen molar-refractivity contribution in [3.63, 3.8) is 0 Å². The largest absolute Gasteiger partial charge is 0.205 e. The van der Waals surface area contributed by atoms with Crippen LogP contribution in [0.1, 0.15) is 89.2 Å². The lowest BCUT2D eigenvalue weighted by Crippen LogP contribution is -2.32. The molecule has 142 valence electrons. The van der Waals surface area contributed by atoms with Crippen LogP contribution in [0.2, 0.25) is 0 Å². The highest BCUT2D eigenvalue weighted by Gasteiger charge is 2.17. The molecule has 0 aliphatic heterocycles. The molecule has 2 atom stereocenters. The average molecular weight is 355 g/mol. The summed E-state index contributed by atoms with van der Waals surface area (Å²) in [6.45, 7) is 11.4. The highest BCUT2D eigenvalue weighted by molar-refractivity contribution is 5.18. The van der Waals surface area contributed by atoms with Gasteiger partial charge in [0.1, 0.15) is 13.1 Å². The van der Waals surface area contributed by atoms with Crippen LogP contribution in [-0.2, 0) is 13.1 Å². The molecule has 0 aromatic carbocycles. The average Bonchev–Trinajstić information content (AvgIpc) is 2.69. The van der Waals surface area contributed by atoms with Gasteiger partial charge in [-0.1, -0.05) is 40.5 Å². The van der Waals surface area contributed by atoms with Crippen LogP contribution in [0, 0.1) is 0 Å². The summed E-state index contributed by atoms with van der Waals surface area (Å²) in [6, 6.07) is 9.30. The summed E-state index contributed by atoms with van der Waals surface area (Å²) in [6.07, 6.45) is 16.5. The molecule has 2 unspecified atom stereocenters. The van der Waals surface area contributed by atoms with Crippen LogP contribution in [0.25, 0.3) is 0 Å². The molecular weight excluding hydrogens is 316 g/mol. The summed E-state index contributed by atoms with van der Waals surface area (Å²) in [7, 11) is 0. The zero-order chi connectivity index (χ0) is 18.8.